The number of carbonyl (C=O) groups is 2. The van der Waals surface area contributed by atoms with Crippen LogP contribution in [0.5, 0.6) is 0 Å². The van der Waals surface area contributed by atoms with E-state index in [0.29, 0.717) is 16.6 Å². The summed E-state index contributed by atoms with van der Waals surface area (Å²) in [6.07, 6.45) is 1.59. The first-order valence-electron chi connectivity index (χ1n) is 9.44. The van der Waals surface area contributed by atoms with Gasteiger partial charge in [-0.05, 0) is 29.2 Å². The molecule has 0 radical (unpaired) electrons. The Labute approximate surface area is 186 Å². The molecule has 1 N–H and O–H groups in total. The van der Waals surface area contributed by atoms with E-state index in [1.807, 2.05) is 24.3 Å². The average molecular weight is 483 g/mol. The van der Waals surface area contributed by atoms with Crippen molar-refractivity contribution in [3.05, 3.63) is 86.8 Å². The summed E-state index contributed by atoms with van der Waals surface area (Å²) in [6, 6.07) is 14.0. The summed E-state index contributed by atoms with van der Waals surface area (Å²) in [6.45, 7) is 4.20. The van der Waals surface area contributed by atoms with Crippen molar-refractivity contribution in [2.75, 3.05) is 4.90 Å². The van der Waals surface area contributed by atoms with Gasteiger partial charge in [0.05, 0.1) is 11.6 Å². The molecule has 2 aromatic carbocycles. The van der Waals surface area contributed by atoms with Gasteiger partial charge in [0.2, 0.25) is 0 Å². The van der Waals surface area contributed by atoms with Crippen LogP contribution >= 0.6 is 27.3 Å². The lowest BCUT2D eigenvalue weighted by Gasteiger charge is -2.23. The number of carbonyl (C=O) groups excluding carboxylic acids is 2. The molecule has 1 amide bonds. The van der Waals surface area contributed by atoms with Gasteiger partial charge in [-0.1, -0.05) is 66.2 Å². The largest absolute Gasteiger partial charge is 0.507 e. The number of aliphatic hydroxyl groups excluding tert-OH is 1. The fourth-order valence-corrected chi connectivity index (χ4v) is 4.44. The van der Waals surface area contributed by atoms with E-state index in [0.717, 1.165) is 15.6 Å². The molecule has 1 unspecified atom stereocenters. The van der Waals surface area contributed by atoms with Crippen LogP contribution in [0.25, 0.3) is 5.76 Å². The number of anilines is 1. The monoisotopic (exact) mass is 482 g/mol. The Morgan fingerprint density at radius 3 is 2.33 bits per heavy atom. The molecule has 0 spiro atoms. The van der Waals surface area contributed by atoms with Gasteiger partial charge < -0.3 is 5.11 Å². The smallest absolute Gasteiger partial charge is 0.301 e. The first-order valence-corrected chi connectivity index (χ1v) is 11.1. The summed E-state index contributed by atoms with van der Waals surface area (Å²) < 4.78 is 0.850. The third-order valence-electron chi connectivity index (χ3n) is 5.11. The molecule has 1 fully saturated rings. The quantitative estimate of drug-likeness (QED) is 0.296. The van der Waals surface area contributed by atoms with Gasteiger partial charge in [0.1, 0.15) is 5.76 Å². The normalized spacial score (nSPS) is 18.4. The molecule has 4 rings (SSSR count). The molecule has 0 saturated carbocycles. The van der Waals surface area contributed by atoms with Crippen molar-refractivity contribution in [3.63, 3.8) is 0 Å². The number of rotatable bonds is 4. The summed E-state index contributed by atoms with van der Waals surface area (Å²) in [5.41, 5.74) is 2.43. The van der Waals surface area contributed by atoms with E-state index in [1.54, 1.807) is 35.8 Å². The number of nitrogens with zero attached hydrogens (tertiary/aromatic N) is 2. The van der Waals surface area contributed by atoms with Crippen LogP contribution in [0.1, 0.15) is 42.5 Å². The summed E-state index contributed by atoms with van der Waals surface area (Å²) in [5, 5.41) is 13.2. The van der Waals surface area contributed by atoms with Gasteiger partial charge in [0.15, 0.2) is 5.13 Å². The zero-order valence-electron chi connectivity index (χ0n) is 16.4. The zero-order chi connectivity index (χ0) is 21.4. The lowest BCUT2D eigenvalue weighted by molar-refractivity contribution is -0.132. The van der Waals surface area contributed by atoms with Gasteiger partial charge in [0.25, 0.3) is 5.78 Å². The molecule has 152 valence electrons. The van der Waals surface area contributed by atoms with E-state index < -0.39 is 17.7 Å². The minimum absolute atomic E-state index is 0.0646. The van der Waals surface area contributed by atoms with Gasteiger partial charge in [-0.25, -0.2) is 4.98 Å². The van der Waals surface area contributed by atoms with E-state index in [9.17, 15) is 14.7 Å². The molecular weight excluding hydrogens is 464 g/mol. The molecule has 0 bridgehead atoms. The van der Waals surface area contributed by atoms with Crippen LogP contribution in [-0.4, -0.2) is 21.8 Å². The molecule has 5 nitrogen and oxygen atoms in total. The Bertz CT molecular complexity index is 1120. The lowest BCUT2D eigenvalue weighted by atomic mass is 9.93. The number of benzene rings is 2. The molecule has 1 aromatic heterocycles. The van der Waals surface area contributed by atoms with E-state index >= 15 is 0 Å². The van der Waals surface area contributed by atoms with Crippen molar-refractivity contribution in [1.82, 2.24) is 4.98 Å². The SMILES string of the molecule is CC(C)c1ccc(C2/C(=C(/O)c3ccc(Br)cc3)C(=O)C(=O)N2c2nccs2)cc1. The summed E-state index contributed by atoms with van der Waals surface area (Å²) in [7, 11) is 0. The number of Topliss-reactive ketones (excluding diaryl/α,β-unsaturated/α-hetero) is 1. The van der Waals surface area contributed by atoms with Gasteiger partial charge in [0, 0.05) is 21.6 Å². The Kier molecular flexibility index (Phi) is 5.58. The maximum absolute atomic E-state index is 13.0. The highest BCUT2D eigenvalue weighted by Crippen LogP contribution is 2.42. The molecule has 3 aromatic rings. The second-order valence-corrected chi connectivity index (χ2v) is 9.10. The summed E-state index contributed by atoms with van der Waals surface area (Å²) in [4.78, 5) is 31.6. The van der Waals surface area contributed by atoms with Crippen molar-refractivity contribution in [3.8, 4) is 0 Å². The highest BCUT2D eigenvalue weighted by molar-refractivity contribution is 9.10. The molecular formula is C23H19BrN2O3S. The Balaban J connectivity index is 1.90. The fraction of sp³-hybridized carbons (Fsp3) is 0.174. The average Bonchev–Trinajstić information content (AvgIpc) is 3.35. The van der Waals surface area contributed by atoms with Crippen LogP contribution in [0.3, 0.4) is 0 Å². The number of aliphatic hydroxyl groups is 1. The van der Waals surface area contributed by atoms with Gasteiger partial charge in [-0.3, -0.25) is 14.5 Å². The van der Waals surface area contributed by atoms with Crippen LogP contribution < -0.4 is 4.90 Å². The summed E-state index contributed by atoms with van der Waals surface area (Å²) >= 11 is 4.64. The predicted octanol–water partition coefficient (Wildman–Crippen LogP) is 5.66. The fourth-order valence-electron chi connectivity index (χ4n) is 3.51. The molecule has 1 atom stereocenters. The first kappa shape index (κ1) is 20.5. The van der Waals surface area contributed by atoms with Crippen LogP contribution in [0.15, 0.2) is 70.2 Å². The number of ketones is 1. The number of aromatic nitrogens is 1. The van der Waals surface area contributed by atoms with Crippen molar-refractivity contribution in [1.29, 1.82) is 0 Å². The lowest BCUT2D eigenvalue weighted by Crippen LogP contribution is -2.29. The van der Waals surface area contributed by atoms with Crippen LogP contribution in [0.2, 0.25) is 0 Å². The Hall–Kier alpha value is -2.77. The van der Waals surface area contributed by atoms with Gasteiger partial charge in [-0.2, -0.15) is 0 Å². The molecule has 7 heteroatoms. The molecule has 1 aliphatic heterocycles. The third kappa shape index (κ3) is 3.59. The van der Waals surface area contributed by atoms with E-state index in [2.05, 4.69) is 34.8 Å². The van der Waals surface area contributed by atoms with Crippen LogP contribution in [0, 0.1) is 0 Å². The highest BCUT2D eigenvalue weighted by Gasteiger charge is 2.47. The number of hydrogen-bond acceptors (Lipinski definition) is 5. The van der Waals surface area contributed by atoms with E-state index in [-0.39, 0.29) is 11.3 Å². The van der Waals surface area contributed by atoms with Gasteiger partial charge >= 0.3 is 5.91 Å². The van der Waals surface area contributed by atoms with E-state index in [1.165, 1.54) is 16.2 Å². The first-order chi connectivity index (χ1) is 14.4. The number of halogens is 1. The van der Waals surface area contributed by atoms with Crippen LogP contribution in [0.4, 0.5) is 5.13 Å². The predicted molar refractivity (Wildman–Crippen MR) is 122 cm³/mol. The van der Waals surface area contributed by atoms with Crippen molar-refractivity contribution in [2.45, 2.75) is 25.8 Å². The standard InChI is InChI=1S/C23H19BrN2O3S/c1-13(2)14-3-5-15(6-4-14)19-18(20(27)16-7-9-17(24)10-8-16)21(28)22(29)26(19)23-25-11-12-30-23/h3-13,19,27H,1-2H3/b20-18-. The maximum Gasteiger partial charge on any atom is 0.301 e. The minimum atomic E-state index is -0.749. The Morgan fingerprint density at radius 2 is 1.77 bits per heavy atom. The molecule has 1 saturated heterocycles. The molecule has 0 aliphatic carbocycles. The van der Waals surface area contributed by atoms with Crippen molar-refractivity contribution < 1.29 is 14.7 Å². The molecule has 2 heterocycles. The molecule has 1 aliphatic rings. The van der Waals surface area contributed by atoms with Crippen molar-refractivity contribution >= 4 is 49.8 Å². The number of thiazole rings is 1. The Morgan fingerprint density at radius 1 is 1.10 bits per heavy atom. The molecule has 30 heavy (non-hydrogen) atoms. The van der Waals surface area contributed by atoms with Gasteiger partial charge in [-0.15, -0.1) is 11.3 Å². The summed E-state index contributed by atoms with van der Waals surface area (Å²) in [5.74, 6) is -1.25. The second-order valence-electron chi connectivity index (χ2n) is 7.31. The topological polar surface area (TPSA) is 70.5 Å². The minimum Gasteiger partial charge on any atom is -0.507 e. The van der Waals surface area contributed by atoms with Crippen LogP contribution in [-0.2, 0) is 9.59 Å². The second kappa shape index (κ2) is 8.16. The van der Waals surface area contributed by atoms with Crippen molar-refractivity contribution in [2.24, 2.45) is 0 Å². The number of amides is 1. The van der Waals surface area contributed by atoms with E-state index in [4.69, 9.17) is 0 Å². The maximum atomic E-state index is 13.0. The zero-order valence-corrected chi connectivity index (χ0v) is 18.8. The third-order valence-corrected chi connectivity index (χ3v) is 6.41. The number of hydrogen-bond donors (Lipinski definition) is 1. The highest BCUT2D eigenvalue weighted by atomic mass is 79.9.